The average Bonchev–Trinajstić information content (AvgIpc) is 3.13. The number of hydrogen-bond donors (Lipinski definition) is 0. The Bertz CT molecular complexity index is 1440. The molecule has 1 aliphatic rings. The monoisotopic (exact) mass is 505 g/mol. The van der Waals surface area contributed by atoms with E-state index in [1.54, 1.807) is 12.1 Å². The van der Waals surface area contributed by atoms with Gasteiger partial charge in [0.15, 0.2) is 4.32 Å². The molecule has 0 atom stereocenters. The number of benzene rings is 4. The van der Waals surface area contributed by atoms with Gasteiger partial charge in [-0.25, -0.2) is 4.39 Å². The summed E-state index contributed by atoms with van der Waals surface area (Å²) in [5.74, 6) is 0.0295. The lowest BCUT2D eigenvalue weighted by atomic mass is 10.0. The second-order valence-corrected chi connectivity index (χ2v) is 9.72. The van der Waals surface area contributed by atoms with Crippen LogP contribution in [0.1, 0.15) is 11.1 Å². The fraction of sp³-hybridized carbons (Fsp3) is 0.0370. The van der Waals surface area contributed by atoms with E-state index in [-0.39, 0.29) is 11.7 Å². The molecule has 1 heterocycles. The van der Waals surface area contributed by atoms with E-state index >= 15 is 0 Å². The third-order valence-electron chi connectivity index (χ3n) is 5.39. The number of thiocarbonyl (C=S) groups is 1. The number of fused-ring (bicyclic) bond motifs is 1. The first-order valence-corrected chi connectivity index (χ1v) is 12.0. The van der Waals surface area contributed by atoms with Gasteiger partial charge in [-0.15, -0.1) is 0 Å². The lowest BCUT2D eigenvalue weighted by Crippen LogP contribution is -2.27. The molecule has 5 rings (SSSR count). The third-order valence-corrected chi connectivity index (χ3v) is 6.95. The number of halogens is 2. The Kier molecular flexibility index (Phi) is 6.37. The van der Waals surface area contributed by atoms with Crippen LogP contribution in [-0.2, 0) is 11.4 Å². The molecule has 1 aliphatic heterocycles. The Hall–Kier alpha value is -3.19. The predicted molar refractivity (Wildman–Crippen MR) is 142 cm³/mol. The van der Waals surface area contributed by atoms with Gasteiger partial charge in [0.2, 0.25) is 0 Å². The van der Waals surface area contributed by atoms with Gasteiger partial charge in [-0.2, -0.15) is 0 Å². The van der Waals surface area contributed by atoms with Crippen molar-refractivity contribution >= 4 is 68.3 Å². The maximum absolute atomic E-state index is 13.4. The molecule has 0 bridgehead atoms. The molecule has 0 radical (unpaired) electrons. The van der Waals surface area contributed by atoms with Crippen molar-refractivity contribution in [1.29, 1.82) is 0 Å². The zero-order valence-corrected chi connectivity index (χ0v) is 20.1. The van der Waals surface area contributed by atoms with E-state index in [0.29, 0.717) is 32.3 Å². The number of carbonyl (C=O) groups excluding carboxylic acids is 1. The molecule has 1 amide bonds. The van der Waals surface area contributed by atoms with E-state index in [1.807, 2.05) is 66.7 Å². The highest BCUT2D eigenvalue weighted by Crippen LogP contribution is 2.39. The molecule has 168 valence electrons. The quantitative estimate of drug-likeness (QED) is 0.206. The molecule has 0 N–H and O–H groups in total. The number of thioether (sulfide) groups is 1. The Morgan fingerprint density at radius 2 is 1.71 bits per heavy atom. The highest BCUT2D eigenvalue weighted by molar-refractivity contribution is 8.27. The van der Waals surface area contributed by atoms with Gasteiger partial charge in [-0.3, -0.25) is 9.69 Å². The summed E-state index contributed by atoms with van der Waals surface area (Å²) < 4.78 is 19.9. The molecule has 1 saturated heterocycles. The van der Waals surface area contributed by atoms with Gasteiger partial charge in [-0.1, -0.05) is 78.0 Å². The first-order chi connectivity index (χ1) is 16.5. The highest BCUT2D eigenvalue weighted by Gasteiger charge is 2.33. The second-order valence-electron chi connectivity index (χ2n) is 7.61. The summed E-state index contributed by atoms with van der Waals surface area (Å²) >= 11 is 12.7. The summed E-state index contributed by atoms with van der Waals surface area (Å²) in [6, 6.07) is 25.0. The number of hydrogen-bond acceptors (Lipinski definition) is 4. The average molecular weight is 506 g/mol. The Morgan fingerprint density at radius 1 is 0.971 bits per heavy atom. The first-order valence-electron chi connectivity index (χ1n) is 10.4. The largest absolute Gasteiger partial charge is 0.488 e. The van der Waals surface area contributed by atoms with E-state index in [9.17, 15) is 9.18 Å². The van der Waals surface area contributed by atoms with Crippen molar-refractivity contribution in [3.8, 4) is 5.75 Å². The Labute approximate surface area is 210 Å². The maximum Gasteiger partial charge on any atom is 0.270 e. The van der Waals surface area contributed by atoms with E-state index in [0.717, 1.165) is 21.9 Å². The zero-order chi connectivity index (χ0) is 23.7. The number of ether oxygens (including phenoxy) is 1. The fourth-order valence-electron chi connectivity index (χ4n) is 3.70. The van der Waals surface area contributed by atoms with Crippen molar-refractivity contribution < 1.29 is 13.9 Å². The molecule has 4 aromatic carbocycles. The number of anilines is 1. The van der Waals surface area contributed by atoms with Gasteiger partial charge in [-0.05, 0) is 64.9 Å². The van der Waals surface area contributed by atoms with Crippen LogP contribution in [0.2, 0.25) is 5.02 Å². The van der Waals surface area contributed by atoms with Gasteiger partial charge in [0.25, 0.3) is 5.91 Å². The van der Waals surface area contributed by atoms with Crippen molar-refractivity contribution in [2.75, 3.05) is 4.90 Å². The molecule has 0 spiro atoms. The molecular formula is C27H17ClFNO2S2. The number of nitrogens with zero attached hydrogens (tertiary/aromatic N) is 1. The molecule has 0 saturated carbocycles. The van der Waals surface area contributed by atoms with Crippen LogP contribution in [0.4, 0.5) is 10.1 Å². The Morgan fingerprint density at radius 3 is 2.47 bits per heavy atom. The van der Waals surface area contributed by atoms with E-state index in [2.05, 4.69) is 0 Å². The van der Waals surface area contributed by atoms with Crippen LogP contribution in [0.3, 0.4) is 0 Å². The Balaban J connectivity index is 1.52. The van der Waals surface area contributed by atoms with Crippen LogP contribution in [0.5, 0.6) is 5.75 Å². The summed E-state index contributed by atoms with van der Waals surface area (Å²) in [5.41, 5.74) is 2.31. The fourth-order valence-corrected chi connectivity index (χ4v) is 5.11. The van der Waals surface area contributed by atoms with E-state index < -0.39 is 0 Å². The molecular weight excluding hydrogens is 489 g/mol. The molecule has 0 unspecified atom stereocenters. The highest BCUT2D eigenvalue weighted by atomic mass is 35.5. The normalized spacial score (nSPS) is 14.9. The van der Waals surface area contributed by atoms with Crippen LogP contribution in [0.15, 0.2) is 89.8 Å². The summed E-state index contributed by atoms with van der Waals surface area (Å²) in [6.07, 6.45) is 1.82. The summed E-state index contributed by atoms with van der Waals surface area (Å²) in [7, 11) is 0. The minimum Gasteiger partial charge on any atom is -0.488 e. The maximum atomic E-state index is 13.4. The van der Waals surface area contributed by atoms with Gasteiger partial charge in [0.05, 0.1) is 10.6 Å². The minimum atomic E-state index is -0.372. The van der Waals surface area contributed by atoms with E-state index in [1.165, 1.54) is 28.8 Å². The lowest BCUT2D eigenvalue weighted by molar-refractivity contribution is -0.113. The van der Waals surface area contributed by atoms with Crippen LogP contribution in [-0.4, -0.2) is 10.2 Å². The van der Waals surface area contributed by atoms with Crippen molar-refractivity contribution in [2.24, 2.45) is 0 Å². The first kappa shape index (κ1) is 22.6. The van der Waals surface area contributed by atoms with Gasteiger partial charge < -0.3 is 4.74 Å². The molecule has 1 fully saturated rings. The zero-order valence-electron chi connectivity index (χ0n) is 17.7. The molecule has 3 nitrogen and oxygen atoms in total. The summed E-state index contributed by atoms with van der Waals surface area (Å²) in [5, 5.41) is 2.66. The van der Waals surface area contributed by atoms with Crippen LogP contribution in [0.25, 0.3) is 16.8 Å². The molecule has 34 heavy (non-hydrogen) atoms. The summed E-state index contributed by atoms with van der Waals surface area (Å²) in [6.45, 7) is 0.354. The van der Waals surface area contributed by atoms with Gasteiger partial charge >= 0.3 is 0 Å². The smallest absolute Gasteiger partial charge is 0.270 e. The van der Waals surface area contributed by atoms with Crippen LogP contribution >= 0.6 is 35.6 Å². The van der Waals surface area contributed by atoms with Crippen LogP contribution in [0, 0.1) is 5.82 Å². The van der Waals surface area contributed by atoms with Crippen molar-refractivity contribution in [2.45, 2.75) is 6.61 Å². The SMILES string of the molecule is O=C1C(=Cc2c(OCc3ccc(Cl)cc3)ccc3ccccc23)SC(=S)N1c1ccc(F)cc1. The third kappa shape index (κ3) is 4.57. The number of amides is 1. The molecule has 4 aromatic rings. The standard InChI is InChI=1S/C27H17ClFNO2S2/c28-19-8-5-17(6-9-19)16-32-24-14-7-18-3-1-2-4-22(18)23(24)15-25-26(31)30(27(33)34-25)21-12-10-20(29)11-13-21/h1-15H,16H2. The second kappa shape index (κ2) is 9.58. The molecule has 7 heteroatoms. The minimum absolute atomic E-state index is 0.252. The topological polar surface area (TPSA) is 29.5 Å². The lowest BCUT2D eigenvalue weighted by Gasteiger charge is -2.14. The number of rotatable bonds is 5. The number of carbonyl (C=O) groups is 1. The van der Waals surface area contributed by atoms with Crippen molar-refractivity contribution in [3.05, 3.63) is 112 Å². The molecule has 0 aliphatic carbocycles. The molecule has 0 aromatic heterocycles. The van der Waals surface area contributed by atoms with E-state index in [4.69, 9.17) is 28.6 Å². The van der Waals surface area contributed by atoms with Crippen LogP contribution < -0.4 is 9.64 Å². The van der Waals surface area contributed by atoms with Crippen molar-refractivity contribution in [3.63, 3.8) is 0 Å². The van der Waals surface area contributed by atoms with Gasteiger partial charge in [0.1, 0.15) is 18.2 Å². The predicted octanol–water partition coefficient (Wildman–Crippen LogP) is 7.62. The van der Waals surface area contributed by atoms with Gasteiger partial charge in [0, 0.05) is 10.6 Å². The summed E-state index contributed by atoms with van der Waals surface area (Å²) in [4.78, 5) is 15.2. The van der Waals surface area contributed by atoms with Crippen molar-refractivity contribution in [1.82, 2.24) is 0 Å².